The van der Waals surface area contributed by atoms with Crippen molar-refractivity contribution in [3.8, 4) is 0 Å². The molecule has 0 fully saturated rings. The van der Waals surface area contributed by atoms with Crippen molar-refractivity contribution in [1.29, 1.82) is 0 Å². The average Bonchev–Trinajstić information content (AvgIpc) is 3.11. The van der Waals surface area contributed by atoms with Crippen molar-refractivity contribution in [2.24, 2.45) is 0 Å². The summed E-state index contributed by atoms with van der Waals surface area (Å²) in [6.07, 6.45) is 1.09. The van der Waals surface area contributed by atoms with Crippen molar-refractivity contribution in [3.63, 3.8) is 0 Å². The van der Waals surface area contributed by atoms with Gasteiger partial charge in [-0.1, -0.05) is 42.5 Å². The topological polar surface area (TPSA) is 130 Å². The van der Waals surface area contributed by atoms with Crippen LogP contribution < -0.4 is 15.4 Å². The van der Waals surface area contributed by atoms with Gasteiger partial charge in [-0.15, -0.1) is 0 Å². The van der Waals surface area contributed by atoms with Crippen molar-refractivity contribution in [2.45, 2.75) is 6.54 Å². The molecule has 168 valence electrons. The van der Waals surface area contributed by atoms with Crippen LogP contribution in [0.3, 0.4) is 0 Å². The number of sulfonamides is 1. The van der Waals surface area contributed by atoms with Crippen LogP contribution in [0.15, 0.2) is 72.8 Å². The first-order valence-electron chi connectivity index (χ1n) is 9.92. The van der Waals surface area contributed by atoms with Gasteiger partial charge in [-0.25, -0.2) is 13.1 Å². The lowest BCUT2D eigenvalue weighted by Crippen LogP contribution is -2.21. The molecule has 0 aromatic heterocycles. The van der Waals surface area contributed by atoms with Crippen molar-refractivity contribution < 1.29 is 18.1 Å². The zero-order valence-corrected chi connectivity index (χ0v) is 18.3. The maximum Gasteiger partial charge on any atom is 0.270 e. The van der Waals surface area contributed by atoms with E-state index in [2.05, 4.69) is 15.4 Å². The first-order chi connectivity index (χ1) is 15.7. The zero-order chi connectivity index (χ0) is 23.6. The Morgan fingerprint density at radius 3 is 2.36 bits per heavy atom. The number of hydrogen-bond acceptors (Lipinski definition) is 6. The Bertz CT molecular complexity index is 1370. The molecule has 3 N–H and O–H groups in total. The van der Waals surface area contributed by atoms with E-state index >= 15 is 0 Å². The van der Waals surface area contributed by atoms with Gasteiger partial charge in [-0.3, -0.25) is 14.9 Å². The number of anilines is 2. The van der Waals surface area contributed by atoms with E-state index in [-0.39, 0.29) is 18.1 Å². The van der Waals surface area contributed by atoms with Gasteiger partial charge in [0.05, 0.1) is 22.4 Å². The van der Waals surface area contributed by atoms with Crippen molar-refractivity contribution in [2.75, 3.05) is 16.9 Å². The number of non-ortho nitro benzene ring substituents is 1. The fourth-order valence-electron chi connectivity index (χ4n) is 3.47. The van der Waals surface area contributed by atoms with Crippen LogP contribution in [0.4, 0.5) is 17.1 Å². The van der Waals surface area contributed by atoms with Gasteiger partial charge in [0.25, 0.3) is 11.6 Å². The lowest BCUT2D eigenvalue weighted by atomic mass is 9.99. The summed E-state index contributed by atoms with van der Waals surface area (Å²) in [5, 5.41) is 17.3. The van der Waals surface area contributed by atoms with Crippen LogP contribution in [0, 0.1) is 10.1 Å². The molecule has 1 aliphatic heterocycles. The van der Waals surface area contributed by atoms with Crippen LogP contribution in [-0.4, -0.2) is 25.5 Å². The zero-order valence-electron chi connectivity index (χ0n) is 17.5. The molecule has 1 aliphatic rings. The highest BCUT2D eigenvalue weighted by atomic mass is 32.2. The van der Waals surface area contributed by atoms with Crippen LogP contribution in [0.5, 0.6) is 0 Å². The smallest absolute Gasteiger partial charge is 0.270 e. The Balaban J connectivity index is 1.75. The number of hydrogen-bond donors (Lipinski definition) is 3. The van der Waals surface area contributed by atoms with Crippen LogP contribution in [-0.2, 0) is 21.4 Å². The second-order valence-electron chi connectivity index (χ2n) is 7.47. The molecule has 4 rings (SSSR count). The number of nitro benzene ring substituents is 1. The van der Waals surface area contributed by atoms with E-state index in [1.165, 1.54) is 18.2 Å². The van der Waals surface area contributed by atoms with E-state index in [0.717, 1.165) is 17.4 Å². The predicted octanol–water partition coefficient (Wildman–Crippen LogP) is 3.58. The highest BCUT2D eigenvalue weighted by molar-refractivity contribution is 7.88. The predicted molar refractivity (Wildman–Crippen MR) is 127 cm³/mol. The summed E-state index contributed by atoms with van der Waals surface area (Å²) in [5.41, 5.74) is 3.77. The van der Waals surface area contributed by atoms with E-state index in [1.807, 2.05) is 30.3 Å². The van der Waals surface area contributed by atoms with Crippen molar-refractivity contribution >= 4 is 44.3 Å². The molecule has 0 saturated heterocycles. The molecule has 3 aromatic carbocycles. The first-order valence-corrected chi connectivity index (χ1v) is 11.8. The lowest BCUT2D eigenvalue weighted by molar-refractivity contribution is -0.384. The normalized spacial score (nSPS) is 14.4. The van der Waals surface area contributed by atoms with Gasteiger partial charge >= 0.3 is 0 Å². The number of nitrogens with zero attached hydrogens (tertiary/aromatic N) is 1. The largest absolute Gasteiger partial charge is 0.354 e. The molecular weight excluding hydrogens is 444 g/mol. The number of rotatable bonds is 7. The number of carbonyl (C=O) groups is 1. The second kappa shape index (κ2) is 8.85. The van der Waals surface area contributed by atoms with Crippen LogP contribution in [0.2, 0.25) is 0 Å². The molecule has 1 amide bonds. The third kappa shape index (κ3) is 5.08. The van der Waals surface area contributed by atoms with E-state index in [1.54, 1.807) is 24.3 Å². The molecular formula is C23H20N4O5S. The Hall–Kier alpha value is -4.02. The molecule has 10 heteroatoms. The second-order valence-corrected chi connectivity index (χ2v) is 9.31. The lowest BCUT2D eigenvalue weighted by Gasteiger charge is -2.15. The minimum absolute atomic E-state index is 0.113. The maximum absolute atomic E-state index is 12.9. The minimum Gasteiger partial charge on any atom is -0.354 e. The highest BCUT2D eigenvalue weighted by Gasteiger charge is 2.30. The molecule has 1 heterocycles. The van der Waals surface area contributed by atoms with E-state index < -0.39 is 14.9 Å². The van der Waals surface area contributed by atoms with Crippen molar-refractivity contribution in [3.05, 3.63) is 99.6 Å². The van der Waals surface area contributed by atoms with Crippen LogP contribution in [0.1, 0.15) is 16.7 Å². The number of fused-ring (bicyclic) bond motifs is 1. The van der Waals surface area contributed by atoms with E-state index in [4.69, 9.17) is 0 Å². The Morgan fingerprint density at radius 1 is 1.03 bits per heavy atom. The number of nitrogens with one attached hydrogen (secondary N) is 3. The summed E-state index contributed by atoms with van der Waals surface area (Å²) in [7, 11) is -3.31. The average molecular weight is 465 g/mol. The highest BCUT2D eigenvalue weighted by Crippen LogP contribution is 2.39. The number of benzene rings is 3. The first kappa shape index (κ1) is 22.2. The number of nitro groups is 1. The Labute approximate surface area is 190 Å². The summed E-state index contributed by atoms with van der Waals surface area (Å²) in [6, 6.07) is 20.5. The molecule has 0 aliphatic carbocycles. The fraction of sp³-hybridized carbons (Fsp3) is 0.0870. The quantitative estimate of drug-likeness (QED) is 0.278. The Kier molecular flexibility index (Phi) is 5.95. The van der Waals surface area contributed by atoms with Gasteiger partial charge in [0, 0.05) is 35.6 Å². The molecule has 9 nitrogen and oxygen atoms in total. The number of amides is 1. The van der Waals surface area contributed by atoms with Gasteiger partial charge in [0.1, 0.15) is 0 Å². The number of carbonyl (C=O) groups excluding carboxylic acids is 1. The fourth-order valence-corrected chi connectivity index (χ4v) is 3.89. The van der Waals surface area contributed by atoms with Crippen LogP contribution >= 0.6 is 0 Å². The molecule has 33 heavy (non-hydrogen) atoms. The summed E-state index contributed by atoms with van der Waals surface area (Å²) in [6.45, 7) is 0.158. The SMILES string of the molecule is CS(=O)(=O)NCc1ccc(N/C(=C2\C(=O)Nc3ccc([N+](=O)[O-])cc32)c2ccccc2)cc1. The summed E-state index contributed by atoms with van der Waals surface area (Å²) >= 11 is 0. The van der Waals surface area contributed by atoms with Crippen molar-refractivity contribution in [1.82, 2.24) is 4.72 Å². The minimum atomic E-state index is -3.31. The molecule has 0 saturated carbocycles. The molecule has 3 aromatic rings. The van der Waals surface area contributed by atoms with Gasteiger partial charge in [0.2, 0.25) is 10.0 Å². The molecule has 0 atom stereocenters. The molecule has 0 radical (unpaired) electrons. The molecule has 0 unspecified atom stereocenters. The van der Waals surface area contributed by atoms with Crippen LogP contribution in [0.25, 0.3) is 11.3 Å². The third-order valence-corrected chi connectivity index (χ3v) is 5.70. The Morgan fingerprint density at radius 2 is 1.73 bits per heavy atom. The monoisotopic (exact) mass is 464 g/mol. The van der Waals surface area contributed by atoms with Gasteiger partial charge in [-0.05, 0) is 29.3 Å². The molecule has 0 bridgehead atoms. The summed E-state index contributed by atoms with van der Waals surface area (Å²) < 4.78 is 25.1. The van der Waals surface area contributed by atoms with Gasteiger partial charge in [0.15, 0.2) is 0 Å². The van der Waals surface area contributed by atoms with E-state index in [0.29, 0.717) is 28.2 Å². The molecule has 0 spiro atoms. The third-order valence-electron chi connectivity index (χ3n) is 5.03. The summed E-state index contributed by atoms with van der Waals surface area (Å²) in [4.78, 5) is 23.7. The maximum atomic E-state index is 12.9. The van der Waals surface area contributed by atoms with E-state index in [9.17, 15) is 23.3 Å². The standard InChI is InChI=1S/C23H20N4O5S/c1-33(31,32)24-14-15-7-9-17(10-8-15)25-22(16-5-3-2-4-6-16)21-19-13-18(27(29)30)11-12-20(19)26-23(21)28/h2-13,24-25H,14H2,1H3,(H,26,28)/b22-21-. The van der Waals surface area contributed by atoms with Gasteiger partial charge in [-0.2, -0.15) is 0 Å². The summed E-state index contributed by atoms with van der Waals surface area (Å²) in [5.74, 6) is -0.370. The van der Waals surface area contributed by atoms with Gasteiger partial charge < -0.3 is 10.6 Å².